The van der Waals surface area contributed by atoms with Crippen LogP contribution in [0.3, 0.4) is 0 Å². The number of carbonyl (C=O) groups is 1. The highest BCUT2D eigenvalue weighted by molar-refractivity contribution is 7.87. The minimum atomic E-state index is -3.53. The molecule has 0 aliphatic heterocycles. The number of hydrogen-bond acceptors (Lipinski definition) is 4. The van der Waals surface area contributed by atoms with Crippen molar-refractivity contribution in [2.45, 2.75) is 51.6 Å². The number of amides is 1. The molecule has 1 amide bonds. The third-order valence-electron chi connectivity index (χ3n) is 4.55. The summed E-state index contributed by atoms with van der Waals surface area (Å²) in [6, 6.07) is 7.39. The Balaban J connectivity index is 1.71. The van der Waals surface area contributed by atoms with Crippen molar-refractivity contribution in [1.82, 2.24) is 4.90 Å². The van der Waals surface area contributed by atoms with Gasteiger partial charge in [-0.3, -0.25) is 4.79 Å². The van der Waals surface area contributed by atoms with Crippen LogP contribution in [0.1, 0.15) is 44.6 Å². The Morgan fingerprint density at radius 2 is 2.00 bits per heavy atom. The highest BCUT2D eigenvalue weighted by atomic mass is 32.2. The Hall–Kier alpha value is -1.56. The molecular formula is C17H23NO4S. The lowest BCUT2D eigenvalue weighted by molar-refractivity contribution is -0.139. The van der Waals surface area contributed by atoms with Gasteiger partial charge < -0.3 is 9.08 Å². The lowest BCUT2D eigenvalue weighted by atomic mass is 9.84. The standard InChI is InChI=1S/C17H23NO4S/c1-2-23(20,21)22-16-8-3-5-13(11-16)12-18(15-9-10-15)17(19)14-6-4-7-14/h3,5,8,11,14-15H,2,4,6-7,9-10,12H2,1H3. The van der Waals surface area contributed by atoms with Gasteiger partial charge in [-0.1, -0.05) is 18.6 Å². The van der Waals surface area contributed by atoms with Crippen molar-refractivity contribution in [3.05, 3.63) is 29.8 Å². The lowest BCUT2D eigenvalue weighted by Crippen LogP contribution is -2.39. The van der Waals surface area contributed by atoms with Gasteiger partial charge in [0.25, 0.3) is 0 Å². The highest BCUT2D eigenvalue weighted by Crippen LogP contribution is 2.35. The van der Waals surface area contributed by atoms with E-state index in [1.165, 1.54) is 0 Å². The van der Waals surface area contributed by atoms with Gasteiger partial charge in [-0.25, -0.2) is 0 Å². The molecule has 3 rings (SSSR count). The summed E-state index contributed by atoms with van der Waals surface area (Å²) < 4.78 is 28.2. The van der Waals surface area contributed by atoms with Crippen molar-refractivity contribution in [3.8, 4) is 5.75 Å². The number of rotatable bonds is 7. The van der Waals surface area contributed by atoms with E-state index in [9.17, 15) is 13.2 Å². The fraction of sp³-hybridized carbons (Fsp3) is 0.588. The van der Waals surface area contributed by atoms with Crippen LogP contribution in [0, 0.1) is 5.92 Å². The molecule has 0 unspecified atom stereocenters. The molecule has 2 aliphatic rings. The van der Waals surface area contributed by atoms with Crippen molar-refractivity contribution in [1.29, 1.82) is 0 Å². The molecule has 1 aromatic carbocycles. The quantitative estimate of drug-likeness (QED) is 0.718. The zero-order valence-corrected chi connectivity index (χ0v) is 14.2. The molecular weight excluding hydrogens is 314 g/mol. The van der Waals surface area contributed by atoms with E-state index in [0.29, 0.717) is 18.3 Å². The van der Waals surface area contributed by atoms with Gasteiger partial charge in [-0.2, -0.15) is 8.42 Å². The predicted molar refractivity (Wildman–Crippen MR) is 87.4 cm³/mol. The first-order valence-electron chi connectivity index (χ1n) is 8.30. The molecule has 0 N–H and O–H groups in total. The Bertz CT molecular complexity index is 678. The zero-order valence-electron chi connectivity index (χ0n) is 13.4. The van der Waals surface area contributed by atoms with E-state index in [-0.39, 0.29) is 17.6 Å². The predicted octanol–water partition coefficient (Wildman–Crippen LogP) is 2.71. The summed E-state index contributed by atoms with van der Waals surface area (Å²) in [6.07, 6.45) is 5.28. The Morgan fingerprint density at radius 1 is 1.26 bits per heavy atom. The summed E-state index contributed by atoms with van der Waals surface area (Å²) in [4.78, 5) is 14.5. The van der Waals surface area contributed by atoms with Crippen LogP contribution in [0.2, 0.25) is 0 Å². The number of benzene rings is 1. The molecule has 1 aromatic rings. The number of nitrogens with zero attached hydrogens (tertiary/aromatic N) is 1. The molecule has 23 heavy (non-hydrogen) atoms. The van der Waals surface area contributed by atoms with Crippen LogP contribution in [0.5, 0.6) is 5.75 Å². The molecule has 2 aliphatic carbocycles. The van der Waals surface area contributed by atoms with E-state index in [1.807, 2.05) is 11.0 Å². The molecule has 0 aromatic heterocycles. The Kier molecular flexibility index (Phi) is 4.62. The van der Waals surface area contributed by atoms with Gasteiger partial charge >= 0.3 is 10.1 Å². The van der Waals surface area contributed by atoms with Crippen LogP contribution in [-0.2, 0) is 21.5 Å². The molecule has 0 atom stereocenters. The maximum absolute atomic E-state index is 12.6. The summed E-state index contributed by atoms with van der Waals surface area (Å²) in [5.41, 5.74) is 0.911. The maximum Gasteiger partial charge on any atom is 0.308 e. The second-order valence-electron chi connectivity index (χ2n) is 6.40. The molecule has 0 spiro atoms. The van der Waals surface area contributed by atoms with Crippen LogP contribution in [-0.4, -0.2) is 31.0 Å². The molecule has 6 heteroatoms. The third-order valence-corrected chi connectivity index (χ3v) is 5.71. The average Bonchev–Trinajstić information content (AvgIpc) is 3.27. The Morgan fingerprint density at radius 3 is 2.57 bits per heavy atom. The molecule has 0 radical (unpaired) electrons. The van der Waals surface area contributed by atoms with E-state index < -0.39 is 10.1 Å². The molecule has 0 bridgehead atoms. The molecule has 5 nitrogen and oxygen atoms in total. The van der Waals surface area contributed by atoms with Gasteiger partial charge in [0.15, 0.2) is 0 Å². The molecule has 0 heterocycles. The first kappa shape index (κ1) is 16.3. The minimum absolute atomic E-state index is 0.0639. The van der Waals surface area contributed by atoms with Crippen molar-refractivity contribution >= 4 is 16.0 Å². The number of hydrogen-bond donors (Lipinski definition) is 0. The van der Waals surface area contributed by atoms with E-state index in [2.05, 4.69) is 0 Å². The first-order chi connectivity index (χ1) is 11.0. The van der Waals surface area contributed by atoms with Gasteiger partial charge in [0.1, 0.15) is 5.75 Å². The van der Waals surface area contributed by atoms with Crippen molar-refractivity contribution in [2.75, 3.05) is 5.75 Å². The normalized spacial score (nSPS) is 18.3. The number of carbonyl (C=O) groups excluding carboxylic acids is 1. The zero-order chi connectivity index (χ0) is 16.4. The van der Waals surface area contributed by atoms with Gasteiger partial charge in [-0.05, 0) is 50.3 Å². The second kappa shape index (κ2) is 6.51. The van der Waals surface area contributed by atoms with Gasteiger partial charge in [0.2, 0.25) is 5.91 Å². The summed E-state index contributed by atoms with van der Waals surface area (Å²) in [5.74, 6) is 0.698. The highest BCUT2D eigenvalue weighted by Gasteiger charge is 2.37. The maximum atomic E-state index is 12.6. The van der Waals surface area contributed by atoms with E-state index in [0.717, 1.165) is 37.7 Å². The monoisotopic (exact) mass is 337 g/mol. The molecule has 126 valence electrons. The fourth-order valence-corrected chi connectivity index (χ4v) is 3.28. The van der Waals surface area contributed by atoms with Crippen LogP contribution in [0.15, 0.2) is 24.3 Å². The second-order valence-corrected chi connectivity index (χ2v) is 8.26. The first-order valence-corrected chi connectivity index (χ1v) is 9.88. The largest absolute Gasteiger partial charge is 0.382 e. The average molecular weight is 337 g/mol. The van der Waals surface area contributed by atoms with Crippen molar-refractivity contribution < 1.29 is 17.4 Å². The van der Waals surface area contributed by atoms with E-state index in [4.69, 9.17) is 4.18 Å². The van der Waals surface area contributed by atoms with Gasteiger partial charge in [0, 0.05) is 18.5 Å². The van der Waals surface area contributed by atoms with E-state index in [1.54, 1.807) is 25.1 Å². The SMILES string of the molecule is CCS(=O)(=O)Oc1cccc(CN(C(=O)C2CCC2)C2CC2)c1. The van der Waals surface area contributed by atoms with Crippen LogP contribution in [0.25, 0.3) is 0 Å². The summed E-state index contributed by atoms with van der Waals surface area (Å²) in [7, 11) is -3.53. The molecule has 0 saturated heterocycles. The summed E-state index contributed by atoms with van der Waals surface area (Å²) in [6.45, 7) is 2.08. The summed E-state index contributed by atoms with van der Waals surface area (Å²) in [5, 5.41) is 0. The van der Waals surface area contributed by atoms with Gasteiger partial charge in [-0.15, -0.1) is 0 Å². The Labute approximate surface area is 137 Å². The van der Waals surface area contributed by atoms with Crippen molar-refractivity contribution in [2.24, 2.45) is 5.92 Å². The summed E-state index contributed by atoms with van der Waals surface area (Å²) >= 11 is 0. The van der Waals surface area contributed by atoms with Crippen LogP contribution < -0.4 is 4.18 Å². The smallest absolute Gasteiger partial charge is 0.308 e. The van der Waals surface area contributed by atoms with Crippen molar-refractivity contribution in [3.63, 3.8) is 0 Å². The van der Waals surface area contributed by atoms with Crippen LogP contribution in [0.4, 0.5) is 0 Å². The van der Waals surface area contributed by atoms with E-state index >= 15 is 0 Å². The lowest BCUT2D eigenvalue weighted by Gasteiger charge is -2.32. The third kappa shape index (κ3) is 4.05. The topological polar surface area (TPSA) is 63.7 Å². The van der Waals surface area contributed by atoms with Gasteiger partial charge in [0.05, 0.1) is 5.75 Å². The molecule has 2 saturated carbocycles. The minimum Gasteiger partial charge on any atom is -0.382 e. The fourth-order valence-electron chi connectivity index (χ4n) is 2.76. The van der Waals surface area contributed by atoms with Crippen LogP contribution >= 0.6 is 0 Å². The molecule has 2 fully saturated rings.